The third-order valence-corrected chi connectivity index (χ3v) is 5.16. The van der Waals surface area contributed by atoms with Crippen LogP contribution in [0.3, 0.4) is 0 Å². The predicted molar refractivity (Wildman–Crippen MR) is 94.7 cm³/mol. The van der Waals surface area contributed by atoms with E-state index >= 15 is 0 Å². The molecule has 25 heavy (non-hydrogen) atoms. The Balaban J connectivity index is 2.30. The number of imidazole rings is 1. The van der Waals surface area contributed by atoms with Gasteiger partial charge in [0.25, 0.3) is 0 Å². The first-order valence-electron chi connectivity index (χ1n) is 7.43. The van der Waals surface area contributed by atoms with Crippen molar-refractivity contribution >= 4 is 44.8 Å². The Morgan fingerprint density at radius 1 is 1.36 bits per heavy atom. The Morgan fingerprint density at radius 2 is 2.08 bits per heavy atom. The quantitative estimate of drug-likeness (QED) is 0.624. The summed E-state index contributed by atoms with van der Waals surface area (Å²) in [5.74, 6) is -0.452. The second-order valence-corrected chi connectivity index (χ2v) is 7.66. The minimum atomic E-state index is -3.82. The van der Waals surface area contributed by atoms with Crippen molar-refractivity contribution in [2.45, 2.75) is 29.9 Å². The summed E-state index contributed by atoms with van der Waals surface area (Å²) in [4.78, 5) is 27.2. The van der Waals surface area contributed by atoms with Crippen molar-refractivity contribution in [3.8, 4) is 0 Å². The van der Waals surface area contributed by atoms with Gasteiger partial charge in [0, 0.05) is 13.6 Å². The molecular weight excluding hydrogens is 366 g/mol. The van der Waals surface area contributed by atoms with Crippen molar-refractivity contribution in [3.63, 3.8) is 0 Å². The number of carbonyl (C=O) groups excluding carboxylic acids is 2. The van der Waals surface area contributed by atoms with Gasteiger partial charge in [-0.1, -0.05) is 18.7 Å². The van der Waals surface area contributed by atoms with Crippen molar-refractivity contribution in [1.29, 1.82) is 0 Å². The molecule has 2 rings (SSSR count). The number of imide groups is 1. The molecule has 3 amide bonds. The summed E-state index contributed by atoms with van der Waals surface area (Å²) >= 11 is 1.17. The van der Waals surface area contributed by atoms with Crippen LogP contribution in [0.4, 0.5) is 4.79 Å². The summed E-state index contributed by atoms with van der Waals surface area (Å²) in [5.41, 5.74) is 1.23. The molecule has 0 atom stereocenters. The maximum absolute atomic E-state index is 11.7. The van der Waals surface area contributed by atoms with Gasteiger partial charge in [0.15, 0.2) is 5.16 Å². The Hall–Kier alpha value is -2.11. The van der Waals surface area contributed by atoms with Gasteiger partial charge in [0.05, 0.1) is 21.7 Å². The lowest BCUT2D eigenvalue weighted by Gasteiger charge is -2.07. The Morgan fingerprint density at radius 3 is 2.68 bits per heavy atom. The van der Waals surface area contributed by atoms with Gasteiger partial charge < -0.3 is 9.88 Å². The van der Waals surface area contributed by atoms with E-state index in [0.717, 1.165) is 11.9 Å². The molecule has 0 radical (unpaired) electrons. The number of nitrogens with two attached hydrogens (primary N) is 1. The maximum atomic E-state index is 11.7. The SMILES string of the molecule is CCCn1c(SCC(=O)NC(=O)NC)nc2cc(S(N)(=O)=O)ccc21. The van der Waals surface area contributed by atoms with Gasteiger partial charge in [0.1, 0.15) is 0 Å². The van der Waals surface area contributed by atoms with E-state index in [1.807, 2.05) is 11.5 Å². The van der Waals surface area contributed by atoms with E-state index in [4.69, 9.17) is 5.14 Å². The molecule has 0 bridgehead atoms. The van der Waals surface area contributed by atoms with Crippen LogP contribution in [-0.4, -0.2) is 42.7 Å². The van der Waals surface area contributed by atoms with Gasteiger partial charge in [-0.05, 0) is 24.6 Å². The standard InChI is InChI=1S/C14H19N5O4S2/c1-3-6-19-11-5-4-9(25(15,22)23)7-10(11)17-14(19)24-8-12(20)18-13(21)16-2/h4-5,7H,3,6,8H2,1-2H3,(H2,15,22,23)(H2,16,18,20,21). The second-order valence-electron chi connectivity index (χ2n) is 5.16. The number of aryl methyl sites for hydroxylation is 1. The minimum absolute atomic E-state index is 0.00248. The number of aromatic nitrogens is 2. The first kappa shape index (κ1) is 19.2. The van der Waals surface area contributed by atoms with Gasteiger partial charge in [-0.15, -0.1) is 0 Å². The summed E-state index contributed by atoms with van der Waals surface area (Å²) in [6, 6.07) is 3.90. The molecule has 11 heteroatoms. The first-order valence-corrected chi connectivity index (χ1v) is 9.97. The zero-order valence-electron chi connectivity index (χ0n) is 13.8. The predicted octanol–water partition coefficient (Wildman–Crippen LogP) is 0.641. The Labute approximate surface area is 149 Å². The molecule has 0 aliphatic rings. The fourth-order valence-corrected chi connectivity index (χ4v) is 3.54. The average Bonchev–Trinajstić information content (AvgIpc) is 2.89. The number of nitrogens with zero attached hydrogens (tertiary/aromatic N) is 2. The summed E-state index contributed by atoms with van der Waals surface area (Å²) in [5, 5.41) is 10.2. The number of nitrogens with one attached hydrogen (secondary N) is 2. The molecule has 0 saturated carbocycles. The lowest BCUT2D eigenvalue weighted by Crippen LogP contribution is -2.38. The van der Waals surface area contributed by atoms with Crippen LogP contribution in [0.5, 0.6) is 0 Å². The second kappa shape index (κ2) is 7.85. The third kappa shape index (κ3) is 4.71. The van der Waals surface area contributed by atoms with E-state index in [-0.39, 0.29) is 10.6 Å². The van der Waals surface area contributed by atoms with E-state index in [2.05, 4.69) is 15.6 Å². The number of urea groups is 1. The van der Waals surface area contributed by atoms with E-state index in [1.165, 1.54) is 30.9 Å². The lowest BCUT2D eigenvalue weighted by atomic mass is 10.3. The zero-order valence-corrected chi connectivity index (χ0v) is 15.4. The Kier molecular flexibility index (Phi) is 6.03. The maximum Gasteiger partial charge on any atom is 0.321 e. The number of amides is 3. The average molecular weight is 385 g/mol. The normalized spacial score (nSPS) is 11.5. The van der Waals surface area contributed by atoms with Gasteiger partial charge in [-0.2, -0.15) is 0 Å². The lowest BCUT2D eigenvalue weighted by molar-refractivity contribution is -0.117. The van der Waals surface area contributed by atoms with Crippen molar-refractivity contribution in [2.24, 2.45) is 5.14 Å². The highest BCUT2D eigenvalue weighted by Gasteiger charge is 2.16. The summed E-state index contributed by atoms with van der Waals surface area (Å²) in [7, 11) is -2.40. The van der Waals surface area contributed by atoms with E-state index in [1.54, 1.807) is 6.07 Å². The number of sulfonamides is 1. The third-order valence-electron chi connectivity index (χ3n) is 3.27. The molecule has 4 N–H and O–H groups in total. The molecule has 0 fully saturated rings. The zero-order chi connectivity index (χ0) is 18.6. The van der Waals surface area contributed by atoms with Gasteiger partial charge in [-0.3, -0.25) is 10.1 Å². The highest BCUT2D eigenvalue weighted by Crippen LogP contribution is 2.26. The largest absolute Gasteiger partial charge is 0.341 e. The fourth-order valence-electron chi connectivity index (χ4n) is 2.17. The molecule has 0 unspecified atom stereocenters. The van der Waals surface area contributed by atoms with Crippen LogP contribution in [-0.2, 0) is 21.4 Å². The van der Waals surface area contributed by atoms with Crippen molar-refractivity contribution < 1.29 is 18.0 Å². The summed E-state index contributed by atoms with van der Waals surface area (Å²) in [6.45, 7) is 2.65. The smallest absolute Gasteiger partial charge is 0.321 e. The molecule has 0 spiro atoms. The van der Waals surface area contributed by atoms with Crippen molar-refractivity contribution in [1.82, 2.24) is 20.2 Å². The van der Waals surface area contributed by atoms with Crippen LogP contribution in [0.2, 0.25) is 0 Å². The molecule has 0 aliphatic heterocycles. The number of primary sulfonamides is 1. The number of rotatable bonds is 6. The summed E-state index contributed by atoms with van der Waals surface area (Å²) in [6.07, 6.45) is 0.834. The molecule has 1 aromatic heterocycles. The van der Waals surface area contributed by atoms with Crippen molar-refractivity contribution in [3.05, 3.63) is 18.2 Å². The van der Waals surface area contributed by atoms with Crippen LogP contribution in [0.15, 0.2) is 28.3 Å². The summed E-state index contributed by atoms with van der Waals surface area (Å²) < 4.78 is 24.9. The molecule has 1 heterocycles. The molecule has 2 aromatic rings. The Bertz CT molecular complexity index is 907. The highest BCUT2D eigenvalue weighted by molar-refractivity contribution is 7.99. The van der Waals surface area contributed by atoms with E-state index < -0.39 is 22.0 Å². The van der Waals surface area contributed by atoms with Crippen LogP contribution in [0.25, 0.3) is 11.0 Å². The molecule has 136 valence electrons. The van der Waals surface area contributed by atoms with Gasteiger partial charge in [0.2, 0.25) is 15.9 Å². The fraction of sp³-hybridized carbons (Fsp3) is 0.357. The first-order chi connectivity index (χ1) is 11.8. The van der Waals surface area contributed by atoms with Crippen LogP contribution >= 0.6 is 11.8 Å². The number of carbonyl (C=O) groups is 2. The monoisotopic (exact) mass is 385 g/mol. The molecule has 0 saturated heterocycles. The van der Waals surface area contributed by atoms with Crippen LogP contribution in [0.1, 0.15) is 13.3 Å². The molecule has 0 aliphatic carbocycles. The minimum Gasteiger partial charge on any atom is -0.341 e. The molecular formula is C14H19N5O4S2. The van der Waals surface area contributed by atoms with Crippen molar-refractivity contribution in [2.75, 3.05) is 12.8 Å². The number of benzene rings is 1. The number of fused-ring (bicyclic) bond motifs is 1. The molecule has 1 aromatic carbocycles. The molecule has 9 nitrogen and oxygen atoms in total. The topological polar surface area (TPSA) is 136 Å². The number of hydrogen-bond donors (Lipinski definition) is 3. The van der Waals surface area contributed by atoms with Gasteiger partial charge in [-0.25, -0.2) is 23.3 Å². The van der Waals surface area contributed by atoms with E-state index in [9.17, 15) is 18.0 Å². The van der Waals surface area contributed by atoms with E-state index in [0.29, 0.717) is 17.2 Å². The number of hydrogen-bond acceptors (Lipinski definition) is 6. The highest BCUT2D eigenvalue weighted by atomic mass is 32.2. The van der Waals surface area contributed by atoms with Gasteiger partial charge >= 0.3 is 6.03 Å². The number of thioether (sulfide) groups is 1. The van der Waals surface area contributed by atoms with Crippen LogP contribution < -0.4 is 15.8 Å². The van der Waals surface area contributed by atoms with Crippen LogP contribution in [0, 0.1) is 0 Å².